The number of ether oxygens (including phenoxy) is 1. The molecular formula is C36H34Cl2N8O4. The second-order valence-corrected chi connectivity index (χ2v) is 14.1. The minimum absolute atomic E-state index is 0.0963. The van der Waals surface area contributed by atoms with E-state index in [-0.39, 0.29) is 34.3 Å². The van der Waals surface area contributed by atoms with Gasteiger partial charge < -0.3 is 15.4 Å². The van der Waals surface area contributed by atoms with Crippen molar-refractivity contribution in [3.05, 3.63) is 90.3 Å². The van der Waals surface area contributed by atoms with E-state index in [0.717, 1.165) is 48.0 Å². The number of carbonyl (C=O) groups excluding carboxylic acids is 1. The molecule has 2 aliphatic heterocycles. The van der Waals surface area contributed by atoms with Gasteiger partial charge in [-0.2, -0.15) is 0 Å². The third kappa shape index (κ3) is 5.07. The van der Waals surface area contributed by atoms with Gasteiger partial charge in [0.15, 0.2) is 5.65 Å². The highest BCUT2D eigenvalue weighted by Gasteiger charge is 2.51. The Morgan fingerprint density at radius 1 is 0.940 bits per heavy atom. The molecule has 5 heterocycles. The van der Waals surface area contributed by atoms with Crippen LogP contribution in [0.3, 0.4) is 0 Å². The average Bonchev–Trinajstić information content (AvgIpc) is 3.70. The molecule has 1 aliphatic carbocycles. The zero-order chi connectivity index (χ0) is 35.1. The van der Waals surface area contributed by atoms with Crippen molar-refractivity contribution in [2.75, 3.05) is 25.5 Å². The van der Waals surface area contributed by atoms with Gasteiger partial charge in [0, 0.05) is 61.9 Å². The SMILES string of the molecule is COc1nc(-c2cccc(-c3cccc(Nc4nc(C)nc5c4c(=O)n(C)c(=O)n5C)c3Cl)c2Cl)cc2c1C(N1CC3(CCC(=O)N3)C1)CC2. The summed E-state index contributed by atoms with van der Waals surface area (Å²) in [6.45, 7) is 3.36. The number of aromatic nitrogens is 5. The smallest absolute Gasteiger partial charge is 0.332 e. The first-order valence-corrected chi connectivity index (χ1v) is 17.2. The van der Waals surface area contributed by atoms with Gasteiger partial charge in [-0.1, -0.05) is 53.5 Å². The molecule has 3 aromatic heterocycles. The van der Waals surface area contributed by atoms with Gasteiger partial charge in [-0.3, -0.25) is 23.6 Å². The Labute approximate surface area is 297 Å². The molecule has 1 unspecified atom stereocenters. The molecule has 2 aromatic carbocycles. The molecule has 50 heavy (non-hydrogen) atoms. The number of anilines is 2. The number of aryl methyl sites for hydroxylation is 3. The van der Waals surface area contributed by atoms with Crippen LogP contribution in [-0.4, -0.2) is 60.6 Å². The Morgan fingerprint density at radius 3 is 2.38 bits per heavy atom. The molecule has 0 bridgehead atoms. The van der Waals surface area contributed by atoms with Crippen LogP contribution in [0, 0.1) is 6.92 Å². The van der Waals surface area contributed by atoms with Gasteiger partial charge in [-0.25, -0.2) is 19.7 Å². The summed E-state index contributed by atoms with van der Waals surface area (Å²) in [5.41, 5.74) is 4.69. The Bertz CT molecular complexity index is 2380. The summed E-state index contributed by atoms with van der Waals surface area (Å²) in [6.07, 6.45) is 3.31. The zero-order valence-electron chi connectivity index (χ0n) is 27.9. The second kappa shape index (κ2) is 11.9. The van der Waals surface area contributed by atoms with Gasteiger partial charge in [0.25, 0.3) is 5.56 Å². The van der Waals surface area contributed by atoms with Crippen LogP contribution >= 0.6 is 23.2 Å². The number of benzene rings is 2. The van der Waals surface area contributed by atoms with Crippen molar-refractivity contribution in [2.24, 2.45) is 14.1 Å². The molecule has 1 spiro atoms. The monoisotopic (exact) mass is 712 g/mol. The van der Waals surface area contributed by atoms with E-state index in [9.17, 15) is 14.4 Å². The highest BCUT2D eigenvalue weighted by molar-refractivity contribution is 6.39. The number of rotatable bonds is 6. The van der Waals surface area contributed by atoms with Crippen LogP contribution in [0.2, 0.25) is 10.0 Å². The molecule has 5 aromatic rings. The van der Waals surface area contributed by atoms with Gasteiger partial charge in [-0.05, 0) is 43.9 Å². The lowest BCUT2D eigenvalue weighted by Gasteiger charge is -2.50. The first-order valence-electron chi connectivity index (χ1n) is 16.4. The van der Waals surface area contributed by atoms with Crippen molar-refractivity contribution in [3.8, 4) is 28.3 Å². The molecule has 2 fully saturated rings. The maximum absolute atomic E-state index is 13.2. The van der Waals surface area contributed by atoms with Crippen molar-refractivity contribution in [1.82, 2.24) is 34.3 Å². The number of fused-ring (bicyclic) bond motifs is 2. The number of nitrogens with one attached hydrogen (secondary N) is 2. The number of pyridine rings is 1. The first-order chi connectivity index (χ1) is 24.0. The molecule has 8 rings (SSSR count). The number of amides is 1. The van der Waals surface area contributed by atoms with E-state index in [1.54, 1.807) is 27.1 Å². The number of methoxy groups -OCH3 is 1. The van der Waals surface area contributed by atoms with Gasteiger partial charge in [0.05, 0.1) is 34.1 Å². The number of halogens is 2. The summed E-state index contributed by atoms with van der Waals surface area (Å²) in [5, 5.41) is 7.41. The molecule has 14 heteroatoms. The van der Waals surface area contributed by atoms with E-state index in [1.165, 1.54) is 17.2 Å². The van der Waals surface area contributed by atoms with E-state index in [1.807, 2.05) is 30.3 Å². The van der Waals surface area contributed by atoms with Gasteiger partial charge in [0.1, 0.15) is 17.0 Å². The summed E-state index contributed by atoms with van der Waals surface area (Å²) in [6, 6.07) is 13.5. The van der Waals surface area contributed by atoms with Crippen molar-refractivity contribution in [2.45, 2.75) is 44.2 Å². The minimum atomic E-state index is -0.520. The Morgan fingerprint density at radius 2 is 1.66 bits per heavy atom. The Hall–Kier alpha value is -4.78. The third-order valence-corrected chi connectivity index (χ3v) is 11.1. The molecule has 2 saturated heterocycles. The maximum Gasteiger partial charge on any atom is 0.332 e. The van der Waals surface area contributed by atoms with Crippen LogP contribution in [0.5, 0.6) is 5.88 Å². The zero-order valence-corrected chi connectivity index (χ0v) is 29.4. The molecule has 1 atom stereocenters. The molecule has 0 radical (unpaired) electrons. The van der Waals surface area contributed by atoms with Crippen molar-refractivity contribution >= 4 is 51.6 Å². The molecule has 0 saturated carbocycles. The van der Waals surface area contributed by atoms with Crippen LogP contribution in [0.1, 0.15) is 42.3 Å². The topological polar surface area (TPSA) is 136 Å². The molecule has 2 N–H and O–H groups in total. The predicted molar refractivity (Wildman–Crippen MR) is 192 cm³/mol. The molecule has 1 amide bonds. The predicted octanol–water partition coefficient (Wildman–Crippen LogP) is 5.08. The van der Waals surface area contributed by atoms with Gasteiger partial charge in [-0.15, -0.1) is 0 Å². The van der Waals surface area contributed by atoms with E-state index < -0.39 is 11.2 Å². The Kier molecular flexibility index (Phi) is 7.73. The van der Waals surface area contributed by atoms with Gasteiger partial charge in [0.2, 0.25) is 11.8 Å². The lowest BCUT2D eigenvalue weighted by atomic mass is 9.86. The summed E-state index contributed by atoms with van der Waals surface area (Å²) in [4.78, 5) is 53.9. The van der Waals surface area contributed by atoms with Gasteiger partial charge >= 0.3 is 5.69 Å². The number of likely N-dealkylation sites (tertiary alicyclic amines) is 1. The summed E-state index contributed by atoms with van der Waals surface area (Å²) < 4.78 is 8.23. The Balaban J connectivity index is 1.13. The molecule has 256 valence electrons. The lowest BCUT2D eigenvalue weighted by Crippen LogP contribution is -2.67. The third-order valence-electron chi connectivity index (χ3n) is 10.2. The van der Waals surface area contributed by atoms with Crippen molar-refractivity contribution in [3.63, 3.8) is 0 Å². The minimum Gasteiger partial charge on any atom is -0.481 e. The first kappa shape index (κ1) is 32.4. The molecule has 12 nitrogen and oxygen atoms in total. The summed E-state index contributed by atoms with van der Waals surface area (Å²) >= 11 is 14.2. The fraction of sp³-hybridized carbons (Fsp3) is 0.333. The van der Waals surface area contributed by atoms with Crippen LogP contribution in [0.15, 0.2) is 52.1 Å². The number of nitrogens with zero attached hydrogens (tertiary/aromatic N) is 6. The maximum atomic E-state index is 13.2. The fourth-order valence-electron chi connectivity index (χ4n) is 7.76. The van der Waals surface area contributed by atoms with E-state index >= 15 is 0 Å². The van der Waals surface area contributed by atoms with Crippen LogP contribution in [0.25, 0.3) is 33.4 Å². The number of carbonyl (C=O) groups is 1. The van der Waals surface area contributed by atoms with Crippen molar-refractivity contribution in [1.29, 1.82) is 0 Å². The second-order valence-electron chi connectivity index (χ2n) is 13.4. The number of hydrogen-bond acceptors (Lipinski definition) is 9. The molecular weight excluding hydrogens is 679 g/mol. The lowest BCUT2D eigenvalue weighted by molar-refractivity contribution is -0.121. The highest BCUT2D eigenvalue weighted by atomic mass is 35.5. The standard InChI is InChI=1S/C36H34Cl2N8O4/c1-18-39-31(28-32(40-18)44(2)35(49)45(3)34(28)48)41-23-10-6-8-21(30(23)38)20-7-5-9-22(29(20)37)24-15-19-11-12-25(27(19)33(42-24)50-4)46-16-36(17-46)14-13-26(47)43-36/h5-10,15,25H,11-14,16-17H2,1-4H3,(H,43,47)(H,39,40,41). The molecule has 3 aliphatic rings. The highest BCUT2D eigenvalue weighted by Crippen LogP contribution is 2.48. The normalized spacial score (nSPS) is 18.0. The van der Waals surface area contributed by atoms with Crippen molar-refractivity contribution < 1.29 is 9.53 Å². The van der Waals surface area contributed by atoms with Crippen LogP contribution < -0.4 is 26.6 Å². The van der Waals surface area contributed by atoms with Crippen LogP contribution in [-0.2, 0) is 25.3 Å². The van der Waals surface area contributed by atoms with E-state index in [2.05, 4.69) is 31.6 Å². The summed E-state index contributed by atoms with van der Waals surface area (Å²) in [7, 11) is 4.62. The summed E-state index contributed by atoms with van der Waals surface area (Å²) in [5.74, 6) is 1.33. The largest absolute Gasteiger partial charge is 0.481 e. The van der Waals surface area contributed by atoms with Crippen LogP contribution in [0.4, 0.5) is 11.5 Å². The van der Waals surface area contributed by atoms with E-state index in [4.69, 9.17) is 32.9 Å². The average molecular weight is 714 g/mol. The quantitative estimate of drug-likeness (QED) is 0.247. The number of hydrogen-bond donors (Lipinski definition) is 2. The van der Waals surface area contributed by atoms with E-state index in [0.29, 0.717) is 50.7 Å². The fourth-order valence-corrected chi connectivity index (χ4v) is 8.36.